The van der Waals surface area contributed by atoms with Crippen LogP contribution in [0.1, 0.15) is 33.6 Å². The highest BCUT2D eigenvalue weighted by molar-refractivity contribution is 7.86. The summed E-state index contributed by atoms with van der Waals surface area (Å²) in [6.45, 7) is 6.25. The molecule has 6 heteroatoms. The molecule has 1 fully saturated rings. The first-order chi connectivity index (χ1) is 7.28. The van der Waals surface area contributed by atoms with Crippen LogP contribution >= 0.6 is 0 Å². The smallest absolute Gasteiger partial charge is 0.283 e. The molecule has 0 aromatic rings. The maximum atomic E-state index is 12.3. The molecule has 1 rings (SSSR count). The predicted molar refractivity (Wildman–Crippen MR) is 64.9 cm³/mol. The van der Waals surface area contributed by atoms with Crippen molar-refractivity contribution in [2.75, 3.05) is 13.6 Å². The summed E-state index contributed by atoms with van der Waals surface area (Å²) in [6.07, 6.45) is 1.50. The standard InChI is InChI=1S/C10H23N3O2S/c1-8(2)12(4)16(14,15)13-7-5-6-9(3)10(13)11/h8-10H,5-7,11H2,1-4H3. The molecule has 2 unspecified atom stereocenters. The molecule has 1 heterocycles. The van der Waals surface area contributed by atoms with Gasteiger partial charge in [-0.1, -0.05) is 6.92 Å². The van der Waals surface area contributed by atoms with Crippen LogP contribution in [0.15, 0.2) is 0 Å². The van der Waals surface area contributed by atoms with Crippen molar-refractivity contribution in [3.05, 3.63) is 0 Å². The Hall–Kier alpha value is -0.170. The topological polar surface area (TPSA) is 66.6 Å². The van der Waals surface area contributed by atoms with Gasteiger partial charge in [-0.25, -0.2) is 0 Å². The summed E-state index contributed by atoms with van der Waals surface area (Å²) in [5.74, 6) is 0.226. The minimum atomic E-state index is -3.40. The highest BCUT2D eigenvalue weighted by atomic mass is 32.2. The lowest BCUT2D eigenvalue weighted by molar-refractivity contribution is 0.179. The van der Waals surface area contributed by atoms with Crippen LogP contribution in [0.5, 0.6) is 0 Å². The monoisotopic (exact) mass is 249 g/mol. The molecule has 0 bridgehead atoms. The highest BCUT2D eigenvalue weighted by Crippen LogP contribution is 2.24. The van der Waals surface area contributed by atoms with Crippen LogP contribution in [0.25, 0.3) is 0 Å². The van der Waals surface area contributed by atoms with Crippen LogP contribution in [-0.2, 0) is 10.2 Å². The molecule has 1 saturated heterocycles. The summed E-state index contributed by atoms with van der Waals surface area (Å²) in [6, 6.07) is -0.0468. The normalized spacial score (nSPS) is 28.9. The number of nitrogens with two attached hydrogens (primary N) is 1. The van der Waals surface area contributed by atoms with E-state index >= 15 is 0 Å². The quantitative estimate of drug-likeness (QED) is 0.796. The van der Waals surface area contributed by atoms with Crippen molar-refractivity contribution in [3.63, 3.8) is 0 Å². The Morgan fingerprint density at radius 1 is 1.44 bits per heavy atom. The lowest BCUT2D eigenvalue weighted by atomic mass is 9.99. The molecule has 0 aliphatic carbocycles. The highest BCUT2D eigenvalue weighted by Gasteiger charge is 2.37. The van der Waals surface area contributed by atoms with Gasteiger partial charge in [0.1, 0.15) is 0 Å². The van der Waals surface area contributed by atoms with Gasteiger partial charge in [-0.3, -0.25) is 0 Å². The molecule has 16 heavy (non-hydrogen) atoms. The molecule has 1 aliphatic heterocycles. The summed E-state index contributed by atoms with van der Waals surface area (Å²) < 4.78 is 27.3. The van der Waals surface area contributed by atoms with Gasteiger partial charge in [0.05, 0.1) is 6.17 Å². The Bertz CT molecular complexity index is 329. The van der Waals surface area contributed by atoms with E-state index in [0.29, 0.717) is 6.54 Å². The molecule has 5 nitrogen and oxygen atoms in total. The average Bonchev–Trinajstić information content (AvgIpc) is 2.20. The molecule has 0 spiro atoms. The van der Waals surface area contributed by atoms with Crippen molar-refractivity contribution in [1.82, 2.24) is 8.61 Å². The number of rotatable bonds is 3. The molecule has 2 N–H and O–H groups in total. The van der Waals surface area contributed by atoms with E-state index in [-0.39, 0.29) is 18.1 Å². The second-order valence-electron chi connectivity index (χ2n) is 4.84. The van der Waals surface area contributed by atoms with Crippen molar-refractivity contribution in [2.45, 2.75) is 45.8 Å². The largest absolute Gasteiger partial charge is 0.315 e. The van der Waals surface area contributed by atoms with Gasteiger partial charge in [-0.15, -0.1) is 0 Å². The third-order valence-corrected chi connectivity index (χ3v) is 5.51. The number of hydrogen-bond acceptors (Lipinski definition) is 3. The summed E-state index contributed by atoms with van der Waals surface area (Å²) in [4.78, 5) is 0. The van der Waals surface area contributed by atoms with E-state index in [4.69, 9.17) is 5.73 Å². The van der Waals surface area contributed by atoms with Crippen LogP contribution < -0.4 is 5.73 Å². The third-order valence-electron chi connectivity index (χ3n) is 3.34. The van der Waals surface area contributed by atoms with Crippen LogP contribution in [-0.4, -0.2) is 42.8 Å². The van der Waals surface area contributed by atoms with Crippen LogP contribution in [0.4, 0.5) is 0 Å². The van der Waals surface area contributed by atoms with E-state index in [2.05, 4.69) is 0 Å². The first-order valence-electron chi connectivity index (χ1n) is 5.79. The van der Waals surface area contributed by atoms with Crippen LogP contribution in [0.3, 0.4) is 0 Å². The lowest BCUT2D eigenvalue weighted by Crippen LogP contribution is -2.57. The average molecular weight is 249 g/mol. The Morgan fingerprint density at radius 2 is 2.00 bits per heavy atom. The van der Waals surface area contributed by atoms with Gasteiger partial charge in [-0.2, -0.15) is 17.0 Å². The first-order valence-corrected chi connectivity index (χ1v) is 7.18. The van der Waals surface area contributed by atoms with Crippen LogP contribution in [0, 0.1) is 5.92 Å². The van der Waals surface area contributed by atoms with Gasteiger partial charge in [0.2, 0.25) is 0 Å². The van der Waals surface area contributed by atoms with Crippen molar-refractivity contribution < 1.29 is 8.42 Å². The van der Waals surface area contributed by atoms with E-state index in [1.807, 2.05) is 20.8 Å². The zero-order chi connectivity index (χ0) is 12.5. The van der Waals surface area contributed by atoms with Gasteiger partial charge < -0.3 is 5.73 Å². The lowest BCUT2D eigenvalue weighted by Gasteiger charge is -2.39. The molecular formula is C10H23N3O2S. The minimum Gasteiger partial charge on any atom is -0.315 e. The summed E-state index contributed by atoms with van der Waals surface area (Å²) in [5.41, 5.74) is 5.97. The summed E-state index contributed by atoms with van der Waals surface area (Å²) >= 11 is 0. The van der Waals surface area contributed by atoms with Crippen LogP contribution in [0.2, 0.25) is 0 Å². The van der Waals surface area contributed by atoms with Gasteiger partial charge in [0, 0.05) is 19.6 Å². The number of piperidine rings is 1. The van der Waals surface area contributed by atoms with E-state index < -0.39 is 10.2 Å². The Kier molecular flexibility index (Phi) is 4.34. The fourth-order valence-electron chi connectivity index (χ4n) is 1.87. The summed E-state index contributed by atoms with van der Waals surface area (Å²) in [7, 11) is -1.80. The number of nitrogens with zero attached hydrogens (tertiary/aromatic N) is 2. The van der Waals surface area contributed by atoms with Crippen molar-refractivity contribution in [2.24, 2.45) is 11.7 Å². The Morgan fingerprint density at radius 3 is 2.50 bits per heavy atom. The second-order valence-corrected chi connectivity index (χ2v) is 6.78. The maximum Gasteiger partial charge on any atom is 0.283 e. The second kappa shape index (κ2) is 5.00. The zero-order valence-electron chi connectivity index (χ0n) is 10.5. The molecule has 0 amide bonds. The van der Waals surface area contributed by atoms with E-state index in [0.717, 1.165) is 12.8 Å². The van der Waals surface area contributed by atoms with Gasteiger partial charge in [0.15, 0.2) is 0 Å². The molecule has 96 valence electrons. The Balaban J connectivity index is 2.90. The fraction of sp³-hybridized carbons (Fsp3) is 1.00. The molecule has 0 saturated carbocycles. The molecule has 2 atom stereocenters. The third kappa shape index (κ3) is 2.56. The minimum absolute atomic E-state index is 0.0468. The fourth-order valence-corrected chi connectivity index (χ4v) is 3.61. The van der Waals surface area contributed by atoms with Gasteiger partial charge in [-0.05, 0) is 32.6 Å². The van der Waals surface area contributed by atoms with E-state index in [1.165, 1.54) is 8.61 Å². The molecule has 0 aromatic carbocycles. The van der Waals surface area contributed by atoms with Crippen molar-refractivity contribution >= 4 is 10.2 Å². The first kappa shape index (κ1) is 13.9. The predicted octanol–water partition coefficient (Wildman–Crippen LogP) is 0.588. The van der Waals surface area contributed by atoms with Crippen molar-refractivity contribution in [1.29, 1.82) is 0 Å². The molecular weight excluding hydrogens is 226 g/mol. The summed E-state index contributed by atoms with van der Waals surface area (Å²) in [5, 5.41) is 0. The SMILES string of the molecule is CC1CCCN(S(=O)(=O)N(C)C(C)C)C1N. The molecule has 0 aromatic heterocycles. The molecule has 0 radical (unpaired) electrons. The van der Waals surface area contributed by atoms with Gasteiger partial charge >= 0.3 is 0 Å². The molecule has 1 aliphatic rings. The van der Waals surface area contributed by atoms with E-state index in [1.54, 1.807) is 7.05 Å². The van der Waals surface area contributed by atoms with Crippen molar-refractivity contribution in [3.8, 4) is 0 Å². The van der Waals surface area contributed by atoms with Gasteiger partial charge in [0.25, 0.3) is 10.2 Å². The zero-order valence-corrected chi connectivity index (χ0v) is 11.4. The maximum absolute atomic E-state index is 12.3. The van der Waals surface area contributed by atoms with E-state index in [9.17, 15) is 8.42 Å². The Labute approximate surface area is 98.8 Å². The number of hydrogen-bond donors (Lipinski definition) is 1.